The Labute approximate surface area is 131 Å². The van der Waals surface area contributed by atoms with E-state index in [4.69, 9.17) is 6.42 Å². The van der Waals surface area contributed by atoms with Crippen LogP contribution in [0.1, 0.15) is 32.3 Å². The van der Waals surface area contributed by atoms with Crippen molar-refractivity contribution in [1.29, 1.82) is 0 Å². The first-order valence-corrected chi connectivity index (χ1v) is 7.99. The quantitative estimate of drug-likeness (QED) is 0.765. The highest BCUT2D eigenvalue weighted by Crippen LogP contribution is 2.24. The zero-order chi connectivity index (χ0) is 17.0. The molecule has 1 aromatic rings. The van der Waals surface area contributed by atoms with Crippen LogP contribution in [0.15, 0.2) is 24.3 Å². The third-order valence-corrected chi connectivity index (χ3v) is 4.89. The summed E-state index contributed by atoms with van der Waals surface area (Å²) in [6, 6.07) is 6.09. The highest BCUT2D eigenvalue weighted by atomic mass is 32.2. The molecule has 22 heavy (non-hydrogen) atoms. The van der Waals surface area contributed by atoms with Crippen molar-refractivity contribution >= 4 is 10.8 Å². The molecule has 2 atom stereocenters. The van der Waals surface area contributed by atoms with Crippen molar-refractivity contribution in [3.8, 4) is 18.1 Å². The molecule has 0 amide bonds. The van der Waals surface area contributed by atoms with Gasteiger partial charge in [0.2, 0.25) is 0 Å². The summed E-state index contributed by atoms with van der Waals surface area (Å²) in [4.78, 5) is 0. The fourth-order valence-electron chi connectivity index (χ4n) is 1.60. The van der Waals surface area contributed by atoms with Crippen molar-refractivity contribution < 1.29 is 22.1 Å². The molecule has 0 fully saturated rings. The summed E-state index contributed by atoms with van der Waals surface area (Å²) in [6.07, 6.45) is 1.11. The van der Waals surface area contributed by atoms with Gasteiger partial charge in [-0.1, -0.05) is 18.1 Å². The number of ether oxygens (including phenoxy) is 1. The van der Waals surface area contributed by atoms with Gasteiger partial charge in [-0.25, -0.2) is 0 Å². The van der Waals surface area contributed by atoms with E-state index in [1.165, 1.54) is 12.1 Å². The van der Waals surface area contributed by atoms with Crippen molar-refractivity contribution in [3.05, 3.63) is 29.8 Å². The highest BCUT2D eigenvalue weighted by molar-refractivity contribution is 7.86. The number of hydrogen-bond donors (Lipinski definition) is 0. The van der Waals surface area contributed by atoms with Crippen LogP contribution in [0.4, 0.5) is 13.2 Å². The SMILES string of the molecule is C#C[C@@H](C[S@@](=O)C(C)(C)C)c1ccc(OCC(F)(F)F)cc1. The minimum Gasteiger partial charge on any atom is -0.484 e. The van der Waals surface area contributed by atoms with Crippen LogP contribution in [-0.4, -0.2) is 27.5 Å². The Balaban J connectivity index is 2.75. The minimum atomic E-state index is -4.37. The van der Waals surface area contributed by atoms with Gasteiger partial charge in [-0.3, -0.25) is 4.21 Å². The summed E-state index contributed by atoms with van der Waals surface area (Å²) in [5, 5.41) is 0. The zero-order valence-corrected chi connectivity index (χ0v) is 13.6. The molecule has 122 valence electrons. The molecule has 6 heteroatoms. The molecule has 0 saturated carbocycles. The summed E-state index contributed by atoms with van der Waals surface area (Å²) < 4.78 is 52.6. The van der Waals surface area contributed by atoms with Crippen LogP contribution >= 0.6 is 0 Å². The summed E-state index contributed by atoms with van der Waals surface area (Å²) in [5.41, 5.74) is 0.736. The van der Waals surface area contributed by atoms with E-state index in [9.17, 15) is 17.4 Å². The normalized spacial score (nSPS) is 15.0. The molecule has 0 aliphatic carbocycles. The molecule has 2 nitrogen and oxygen atoms in total. The first-order valence-electron chi connectivity index (χ1n) is 6.67. The fraction of sp³-hybridized carbons (Fsp3) is 0.500. The van der Waals surface area contributed by atoms with Crippen LogP contribution in [0.25, 0.3) is 0 Å². The van der Waals surface area contributed by atoms with Gasteiger partial charge in [0.15, 0.2) is 6.61 Å². The number of terminal acetylenes is 1. The topological polar surface area (TPSA) is 26.3 Å². The standard InChI is InChI=1S/C16H19F3O2S/c1-5-12(10-22(20)15(2,3)4)13-6-8-14(9-7-13)21-11-16(17,18)19/h1,6-9,12H,10-11H2,2-4H3/t12-,22+/m0/s1. The number of alkyl halides is 3. The van der Waals surface area contributed by atoms with Crippen LogP contribution in [0.2, 0.25) is 0 Å². The molecule has 1 aromatic carbocycles. The predicted molar refractivity (Wildman–Crippen MR) is 82.3 cm³/mol. The Hall–Kier alpha value is -1.48. The predicted octanol–water partition coefficient (Wildman–Crippen LogP) is 3.89. The lowest BCUT2D eigenvalue weighted by atomic mass is 10.0. The third-order valence-electron chi connectivity index (χ3n) is 2.89. The van der Waals surface area contributed by atoms with Gasteiger partial charge < -0.3 is 4.74 Å². The molecule has 0 N–H and O–H groups in total. The Bertz CT molecular complexity index is 551. The van der Waals surface area contributed by atoms with Crippen molar-refractivity contribution in [1.82, 2.24) is 0 Å². The molecule has 0 bridgehead atoms. The maximum Gasteiger partial charge on any atom is 0.422 e. The Kier molecular flexibility index (Phi) is 6.07. The van der Waals surface area contributed by atoms with Crippen molar-refractivity contribution in [2.45, 2.75) is 37.6 Å². The van der Waals surface area contributed by atoms with Gasteiger partial charge >= 0.3 is 6.18 Å². The van der Waals surface area contributed by atoms with Gasteiger partial charge in [-0.2, -0.15) is 13.2 Å². The average Bonchev–Trinajstić information content (AvgIpc) is 2.41. The molecule has 0 unspecified atom stereocenters. The molecule has 0 radical (unpaired) electrons. The van der Waals surface area contributed by atoms with Gasteiger partial charge in [0.05, 0.1) is 5.92 Å². The maximum absolute atomic E-state index is 12.2. The van der Waals surface area contributed by atoms with Crippen LogP contribution in [0, 0.1) is 12.3 Å². The Morgan fingerprint density at radius 1 is 1.23 bits per heavy atom. The smallest absolute Gasteiger partial charge is 0.422 e. The molecule has 0 spiro atoms. The van der Waals surface area contributed by atoms with Gasteiger partial charge in [-0.05, 0) is 38.5 Å². The van der Waals surface area contributed by atoms with Gasteiger partial charge in [0.1, 0.15) is 5.75 Å². The maximum atomic E-state index is 12.2. The van der Waals surface area contributed by atoms with Crippen LogP contribution in [-0.2, 0) is 10.8 Å². The second-order valence-corrected chi connectivity index (χ2v) is 8.07. The highest BCUT2D eigenvalue weighted by Gasteiger charge is 2.28. The lowest BCUT2D eigenvalue weighted by Gasteiger charge is -2.20. The minimum absolute atomic E-state index is 0.119. The first kappa shape index (κ1) is 18.6. The van der Waals surface area contributed by atoms with Gasteiger partial charge in [0.25, 0.3) is 0 Å². The summed E-state index contributed by atoms with van der Waals surface area (Å²) in [6.45, 7) is 4.26. The van der Waals surface area contributed by atoms with Crippen LogP contribution in [0.3, 0.4) is 0 Å². The molecule has 0 aliphatic heterocycles. The lowest BCUT2D eigenvalue weighted by Crippen LogP contribution is -2.26. The van der Waals surface area contributed by atoms with E-state index < -0.39 is 23.6 Å². The average molecular weight is 332 g/mol. The lowest BCUT2D eigenvalue weighted by molar-refractivity contribution is -0.153. The second-order valence-electron chi connectivity index (χ2n) is 5.82. The summed E-state index contributed by atoms with van der Waals surface area (Å²) >= 11 is 0. The Morgan fingerprint density at radius 2 is 1.77 bits per heavy atom. The molecular formula is C16H19F3O2S. The van der Waals surface area contributed by atoms with Crippen LogP contribution in [0.5, 0.6) is 5.75 Å². The summed E-state index contributed by atoms with van der Waals surface area (Å²) in [7, 11) is -1.11. The van der Waals surface area contributed by atoms with E-state index in [0.717, 1.165) is 5.56 Å². The number of rotatable bonds is 5. The monoisotopic (exact) mass is 332 g/mol. The third kappa shape index (κ3) is 6.10. The number of benzene rings is 1. The van der Waals surface area contributed by atoms with E-state index in [-0.39, 0.29) is 16.4 Å². The molecule has 1 rings (SSSR count). The van der Waals surface area contributed by atoms with E-state index >= 15 is 0 Å². The van der Waals surface area contributed by atoms with E-state index in [1.54, 1.807) is 12.1 Å². The van der Waals surface area contributed by atoms with Crippen LogP contribution < -0.4 is 4.74 Å². The van der Waals surface area contributed by atoms with Crippen molar-refractivity contribution in [3.63, 3.8) is 0 Å². The van der Waals surface area contributed by atoms with E-state index in [1.807, 2.05) is 20.8 Å². The molecule has 0 saturated heterocycles. The Morgan fingerprint density at radius 3 is 2.18 bits per heavy atom. The largest absolute Gasteiger partial charge is 0.484 e. The van der Waals surface area contributed by atoms with Crippen molar-refractivity contribution in [2.75, 3.05) is 12.4 Å². The van der Waals surface area contributed by atoms with Gasteiger partial charge in [-0.15, -0.1) is 6.42 Å². The molecule has 0 aromatic heterocycles. The first-order chi connectivity index (χ1) is 10.0. The second kappa shape index (κ2) is 7.19. The van der Waals surface area contributed by atoms with E-state index in [2.05, 4.69) is 10.7 Å². The number of halogens is 3. The van der Waals surface area contributed by atoms with Gasteiger partial charge in [0, 0.05) is 21.3 Å². The summed E-state index contributed by atoms with van der Waals surface area (Å²) in [5.74, 6) is 2.66. The molecule has 0 heterocycles. The zero-order valence-electron chi connectivity index (χ0n) is 12.7. The van der Waals surface area contributed by atoms with Crippen molar-refractivity contribution in [2.24, 2.45) is 0 Å². The fourth-order valence-corrected chi connectivity index (χ4v) is 2.69. The van der Waals surface area contributed by atoms with E-state index in [0.29, 0.717) is 5.75 Å². The molecule has 0 aliphatic rings. The number of hydrogen-bond acceptors (Lipinski definition) is 2. The molecular weight excluding hydrogens is 313 g/mol.